The first-order valence-electron chi connectivity index (χ1n) is 8.91. The maximum Gasteiger partial charge on any atom is 0.329 e. The normalized spacial score (nSPS) is 11.3. The molecule has 2 aromatic heterocycles. The van der Waals surface area contributed by atoms with E-state index in [1.54, 1.807) is 17.3 Å². The van der Waals surface area contributed by atoms with Crippen LogP contribution in [0.2, 0.25) is 0 Å². The third-order valence-electron chi connectivity index (χ3n) is 4.17. The van der Waals surface area contributed by atoms with Gasteiger partial charge in [-0.3, -0.25) is 4.98 Å². The number of anilines is 1. The topological polar surface area (TPSA) is 84.8 Å². The first kappa shape index (κ1) is 22.9. The lowest BCUT2D eigenvalue weighted by Crippen LogP contribution is -2.40. The van der Waals surface area contributed by atoms with E-state index in [1.165, 1.54) is 24.0 Å². The fraction of sp³-hybridized carbons (Fsp3) is 0.350. The number of methoxy groups -OCH3 is 1. The van der Waals surface area contributed by atoms with Crippen LogP contribution in [0, 0.1) is 0 Å². The summed E-state index contributed by atoms with van der Waals surface area (Å²) in [6, 6.07) is 9.31. The monoisotopic (exact) mass is 435 g/mol. The number of aliphatic hydroxyl groups is 1. The minimum Gasteiger partial charge on any atom is -0.493 e. The van der Waals surface area contributed by atoms with Crippen LogP contribution in [0.25, 0.3) is 10.2 Å². The number of benzene rings is 1. The van der Waals surface area contributed by atoms with E-state index in [0.29, 0.717) is 12.4 Å². The Kier molecular flexibility index (Phi) is 9.17. The van der Waals surface area contributed by atoms with Crippen LogP contribution in [0.15, 0.2) is 42.7 Å². The number of fused-ring (bicyclic) bond motifs is 1. The summed E-state index contributed by atoms with van der Waals surface area (Å²) in [7, 11) is 4.20. The van der Waals surface area contributed by atoms with Crippen molar-refractivity contribution in [3.05, 3.63) is 48.3 Å². The lowest BCUT2D eigenvalue weighted by atomic mass is 10.2. The van der Waals surface area contributed by atoms with Gasteiger partial charge in [0, 0.05) is 38.7 Å². The molecule has 3 rings (SSSR count). The van der Waals surface area contributed by atoms with Gasteiger partial charge in [-0.2, -0.15) is 12.6 Å². The molecule has 1 atom stereocenters. The van der Waals surface area contributed by atoms with Crippen LogP contribution in [0.1, 0.15) is 5.56 Å². The summed E-state index contributed by atoms with van der Waals surface area (Å²) in [6.45, 7) is 0.588. The van der Waals surface area contributed by atoms with E-state index in [2.05, 4.69) is 22.6 Å². The molecule has 0 radical (unpaired) electrons. The smallest absolute Gasteiger partial charge is 0.329 e. The number of rotatable bonds is 8. The number of hydrogen-bond donors (Lipinski definition) is 2. The first-order valence-corrected chi connectivity index (χ1v) is 10.4. The third kappa shape index (κ3) is 6.06. The minimum atomic E-state index is -0.477. The standard InChI is InChI=1S/C19H21N3O3S2.CH4O/c1-22(16(12-26)18(23)24-2)19-21-15-4-3-14(11-17(15)27-19)25-10-7-13-5-8-20-9-6-13;1-2/h3-6,8-9,11,16,26H,7,10,12H2,1-2H3;2H,1H3/t16-;/m1./s1. The van der Waals surface area contributed by atoms with Crippen molar-refractivity contribution >= 4 is 45.3 Å². The zero-order chi connectivity index (χ0) is 21.2. The number of ether oxygens (including phenoxy) is 2. The highest BCUT2D eigenvalue weighted by Crippen LogP contribution is 2.32. The summed E-state index contributed by atoms with van der Waals surface area (Å²) in [6.07, 6.45) is 4.38. The summed E-state index contributed by atoms with van der Waals surface area (Å²) in [5, 5.41) is 7.74. The van der Waals surface area contributed by atoms with E-state index >= 15 is 0 Å². The van der Waals surface area contributed by atoms with Gasteiger partial charge in [0.2, 0.25) is 0 Å². The third-order valence-corrected chi connectivity index (χ3v) is 5.63. The lowest BCUT2D eigenvalue weighted by molar-refractivity contribution is -0.141. The van der Waals surface area contributed by atoms with Crippen molar-refractivity contribution in [2.45, 2.75) is 12.5 Å². The van der Waals surface area contributed by atoms with Crippen LogP contribution in [0.5, 0.6) is 5.75 Å². The second-order valence-corrected chi connectivity index (χ2v) is 7.29. The van der Waals surface area contributed by atoms with Crippen LogP contribution >= 0.6 is 24.0 Å². The molecule has 156 valence electrons. The van der Waals surface area contributed by atoms with Gasteiger partial charge in [0.25, 0.3) is 0 Å². The molecule has 0 saturated heterocycles. The van der Waals surface area contributed by atoms with Crippen LogP contribution < -0.4 is 9.64 Å². The molecule has 2 heterocycles. The molecule has 0 aliphatic carbocycles. The summed E-state index contributed by atoms with van der Waals surface area (Å²) in [5.41, 5.74) is 2.06. The van der Waals surface area contributed by atoms with Crippen LogP contribution in [-0.4, -0.2) is 60.7 Å². The fourth-order valence-electron chi connectivity index (χ4n) is 2.59. The van der Waals surface area contributed by atoms with Crippen molar-refractivity contribution in [2.24, 2.45) is 0 Å². The van der Waals surface area contributed by atoms with Crippen molar-refractivity contribution in [2.75, 3.05) is 38.5 Å². The van der Waals surface area contributed by atoms with E-state index in [9.17, 15) is 4.79 Å². The van der Waals surface area contributed by atoms with E-state index in [-0.39, 0.29) is 5.97 Å². The average molecular weight is 436 g/mol. The summed E-state index contributed by atoms with van der Waals surface area (Å²) in [4.78, 5) is 22.3. The molecule has 0 aliphatic rings. The van der Waals surface area contributed by atoms with Crippen molar-refractivity contribution in [1.82, 2.24) is 9.97 Å². The van der Waals surface area contributed by atoms with E-state index < -0.39 is 6.04 Å². The second kappa shape index (κ2) is 11.6. The van der Waals surface area contributed by atoms with Gasteiger partial charge >= 0.3 is 5.97 Å². The average Bonchev–Trinajstić information content (AvgIpc) is 3.19. The molecule has 0 aliphatic heterocycles. The fourth-order valence-corrected chi connectivity index (χ4v) is 3.99. The molecular formula is C20H25N3O4S2. The maximum atomic E-state index is 11.9. The molecule has 9 heteroatoms. The van der Waals surface area contributed by atoms with Crippen LogP contribution in [0.4, 0.5) is 5.13 Å². The highest BCUT2D eigenvalue weighted by molar-refractivity contribution is 7.80. The number of carbonyl (C=O) groups is 1. The SMILES string of the molecule is CO.COC(=O)[C@@H](CS)N(C)c1nc2ccc(OCCc3ccncc3)cc2s1. The van der Waals surface area contributed by atoms with Gasteiger partial charge in [0.05, 0.1) is 23.9 Å². The first-order chi connectivity index (χ1) is 14.1. The van der Waals surface area contributed by atoms with Gasteiger partial charge in [-0.1, -0.05) is 11.3 Å². The highest BCUT2D eigenvalue weighted by Gasteiger charge is 2.25. The Hall–Kier alpha value is -2.36. The Morgan fingerprint density at radius 3 is 2.66 bits per heavy atom. The molecule has 0 bridgehead atoms. The van der Waals surface area contributed by atoms with Gasteiger partial charge in [-0.15, -0.1) is 0 Å². The Labute approximate surface area is 179 Å². The number of nitrogens with zero attached hydrogens (tertiary/aromatic N) is 3. The summed E-state index contributed by atoms with van der Waals surface area (Å²) >= 11 is 5.76. The number of likely N-dealkylation sites (N-methyl/N-ethyl adjacent to an activating group) is 1. The minimum absolute atomic E-state index is 0.327. The molecule has 29 heavy (non-hydrogen) atoms. The summed E-state index contributed by atoms with van der Waals surface area (Å²) in [5.74, 6) is 0.822. The van der Waals surface area contributed by atoms with Crippen molar-refractivity contribution in [1.29, 1.82) is 0 Å². The van der Waals surface area contributed by atoms with Gasteiger partial charge in [0.15, 0.2) is 5.13 Å². The molecule has 1 aromatic carbocycles. The van der Waals surface area contributed by atoms with Crippen molar-refractivity contribution in [3.63, 3.8) is 0 Å². The molecule has 3 aromatic rings. The van der Waals surface area contributed by atoms with Gasteiger partial charge in [-0.25, -0.2) is 9.78 Å². The van der Waals surface area contributed by atoms with E-state index in [0.717, 1.165) is 34.6 Å². The molecule has 0 amide bonds. The number of carbonyl (C=O) groups excluding carboxylic acids is 1. The molecule has 0 saturated carbocycles. The maximum absolute atomic E-state index is 11.9. The Morgan fingerprint density at radius 2 is 2.00 bits per heavy atom. The molecule has 0 unspecified atom stereocenters. The molecule has 0 fully saturated rings. The second-order valence-electron chi connectivity index (χ2n) is 5.91. The van der Waals surface area contributed by atoms with Gasteiger partial charge in [0.1, 0.15) is 11.8 Å². The number of pyridine rings is 1. The number of thiol groups is 1. The molecule has 1 N–H and O–H groups in total. The zero-order valence-electron chi connectivity index (χ0n) is 16.6. The Balaban J connectivity index is 0.00000145. The predicted molar refractivity (Wildman–Crippen MR) is 119 cm³/mol. The summed E-state index contributed by atoms with van der Waals surface area (Å²) < 4.78 is 11.7. The zero-order valence-corrected chi connectivity index (χ0v) is 18.3. The quantitative estimate of drug-likeness (QED) is 0.416. The number of hydrogen-bond acceptors (Lipinski definition) is 9. The lowest BCUT2D eigenvalue weighted by Gasteiger charge is -2.23. The van der Waals surface area contributed by atoms with Gasteiger partial charge < -0.3 is 19.5 Å². The van der Waals surface area contributed by atoms with Crippen molar-refractivity contribution in [3.8, 4) is 5.75 Å². The van der Waals surface area contributed by atoms with E-state index in [4.69, 9.17) is 14.6 Å². The predicted octanol–water partition coefficient (Wildman–Crippen LogP) is 2.83. The number of thiazole rings is 1. The van der Waals surface area contributed by atoms with Crippen LogP contribution in [-0.2, 0) is 16.0 Å². The highest BCUT2D eigenvalue weighted by atomic mass is 32.1. The molecule has 7 nitrogen and oxygen atoms in total. The van der Waals surface area contributed by atoms with Crippen molar-refractivity contribution < 1.29 is 19.4 Å². The largest absolute Gasteiger partial charge is 0.493 e. The Bertz CT molecular complexity index is 905. The molecular weight excluding hydrogens is 410 g/mol. The number of aliphatic hydroxyl groups excluding tert-OH is 1. The number of aromatic nitrogens is 2. The van der Waals surface area contributed by atoms with E-state index in [1.807, 2.05) is 37.4 Å². The Morgan fingerprint density at radius 1 is 1.28 bits per heavy atom. The van der Waals surface area contributed by atoms with Gasteiger partial charge in [-0.05, 0) is 35.9 Å². The number of esters is 1. The molecule has 0 spiro atoms. The van der Waals surface area contributed by atoms with Crippen LogP contribution in [0.3, 0.4) is 0 Å².